The van der Waals surface area contributed by atoms with Gasteiger partial charge in [0.1, 0.15) is 0 Å². The Morgan fingerprint density at radius 1 is 1.30 bits per heavy atom. The fourth-order valence-corrected chi connectivity index (χ4v) is 2.95. The molecule has 1 aliphatic rings. The molecular weight excluding hydrogens is 320 g/mol. The van der Waals surface area contributed by atoms with Crippen molar-refractivity contribution in [3.63, 3.8) is 0 Å². The van der Waals surface area contributed by atoms with Crippen LogP contribution in [0.4, 0.5) is 0 Å². The molecule has 2 aromatic rings. The first kappa shape index (κ1) is 13.3. The lowest BCUT2D eigenvalue weighted by molar-refractivity contribution is 0.0689. The van der Waals surface area contributed by atoms with Crippen molar-refractivity contribution in [2.75, 3.05) is 13.1 Å². The molecule has 0 atom stereocenters. The molecule has 3 rings (SSSR count). The van der Waals surface area contributed by atoms with Crippen LogP contribution in [-0.4, -0.2) is 38.9 Å². The van der Waals surface area contributed by atoms with Crippen molar-refractivity contribution in [1.29, 1.82) is 0 Å². The van der Waals surface area contributed by atoms with Crippen LogP contribution in [0.2, 0.25) is 0 Å². The molecule has 1 aromatic heterocycles. The molecular formula is C14H15BrN4O. The third kappa shape index (κ3) is 2.75. The van der Waals surface area contributed by atoms with Crippen molar-refractivity contribution in [3.8, 4) is 0 Å². The second kappa shape index (κ2) is 5.75. The molecule has 1 saturated heterocycles. The molecule has 0 saturated carbocycles. The Balaban J connectivity index is 1.65. The maximum absolute atomic E-state index is 12.4. The summed E-state index contributed by atoms with van der Waals surface area (Å²) in [5.74, 6) is 0.100. The first-order valence-electron chi connectivity index (χ1n) is 6.64. The number of amides is 1. The number of halogens is 1. The van der Waals surface area contributed by atoms with Crippen LogP contribution < -0.4 is 0 Å². The van der Waals surface area contributed by atoms with Crippen molar-refractivity contribution < 1.29 is 4.79 Å². The Morgan fingerprint density at radius 3 is 2.75 bits per heavy atom. The average Bonchev–Trinajstić information content (AvgIpc) is 3.01. The summed E-state index contributed by atoms with van der Waals surface area (Å²) in [6.07, 6.45) is 5.42. The van der Waals surface area contributed by atoms with Gasteiger partial charge < -0.3 is 4.90 Å². The minimum atomic E-state index is 0.100. The lowest BCUT2D eigenvalue weighted by Gasteiger charge is -2.31. The minimum absolute atomic E-state index is 0.100. The van der Waals surface area contributed by atoms with Gasteiger partial charge in [-0.15, -0.1) is 5.10 Å². The summed E-state index contributed by atoms with van der Waals surface area (Å²) < 4.78 is 2.82. The number of carbonyl (C=O) groups excluding carboxylic acids is 1. The number of hydrogen-bond donors (Lipinski definition) is 0. The first-order valence-corrected chi connectivity index (χ1v) is 7.44. The fraction of sp³-hybridized carbons (Fsp3) is 0.357. The van der Waals surface area contributed by atoms with Gasteiger partial charge in [0.25, 0.3) is 5.91 Å². The fourth-order valence-electron chi connectivity index (χ4n) is 2.55. The zero-order chi connectivity index (χ0) is 13.9. The smallest absolute Gasteiger partial charge is 0.253 e. The monoisotopic (exact) mass is 334 g/mol. The van der Waals surface area contributed by atoms with Crippen LogP contribution in [0.25, 0.3) is 0 Å². The van der Waals surface area contributed by atoms with Gasteiger partial charge in [-0.25, -0.2) is 4.68 Å². The SMILES string of the molecule is O=C(c1cccc(Br)c1)N1CCC(n2ccnn2)CC1. The van der Waals surface area contributed by atoms with Crippen LogP contribution in [0.1, 0.15) is 29.2 Å². The van der Waals surface area contributed by atoms with E-state index < -0.39 is 0 Å². The lowest BCUT2D eigenvalue weighted by atomic mass is 10.0. The van der Waals surface area contributed by atoms with Crippen LogP contribution in [0.3, 0.4) is 0 Å². The molecule has 1 aromatic carbocycles. The van der Waals surface area contributed by atoms with Crippen LogP contribution in [0, 0.1) is 0 Å². The van der Waals surface area contributed by atoms with Crippen LogP contribution in [-0.2, 0) is 0 Å². The highest BCUT2D eigenvalue weighted by molar-refractivity contribution is 9.10. The van der Waals surface area contributed by atoms with Gasteiger partial charge in [0.05, 0.1) is 12.2 Å². The topological polar surface area (TPSA) is 51.0 Å². The largest absolute Gasteiger partial charge is 0.338 e. The van der Waals surface area contributed by atoms with Gasteiger partial charge in [0.2, 0.25) is 0 Å². The average molecular weight is 335 g/mol. The molecule has 1 amide bonds. The molecule has 1 aliphatic heterocycles. The number of nitrogens with zero attached hydrogens (tertiary/aromatic N) is 4. The van der Waals surface area contributed by atoms with Gasteiger partial charge in [0.15, 0.2) is 0 Å². The number of hydrogen-bond acceptors (Lipinski definition) is 3. The van der Waals surface area contributed by atoms with E-state index in [1.807, 2.05) is 40.0 Å². The molecule has 0 spiro atoms. The molecule has 6 heteroatoms. The van der Waals surface area contributed by atoms with Gasteiger partial charge in [-0.3, -0.25) is 4.79 Å². The van der Waals surface area contributed by atoms with Crippen LogP contribution in [0.15, 0.2) is 41.1 Å². The number of aromatic nitrogens is 3. The highest BCUT2D eigenvalue weighted by atomic mass is 79.9. The van der Waals surface area contributed by atoms with E-state index in [0.717, 1.165) is 36.0 Å². The van der Waals surface area contributed by atoms with Crippen LogP contribution in [0.5, 0.6) is 0 Å². The Labute approximate surface area is 125 Å². The highest BCUT2D eigenvalue weighted by Gasteiger charge is 2.24. The highest BCUT2D eigenvalue weighted by Crippen LogP contribution is 2.23. The van der Waals surface area contributed by atoms with Crippen molar-refractivity contribution in [3.05, 3.63) is 46.7 Å². The Morgan fingerprint density at radius 2 is 2.10 bits per heavy atom. The zero-order valence-electron chi connectivity index (χ0n) is 10.9. The molecule has 1 fully saturated rings. The summed E-state index contributed by atoms with van der Waals surface area (Å²) in [6.45, 7) is 1.52. The standard InChI is InChI=1S/C14H15BrN4O/c15-12-3-1-2-11(10-12)14(20)18-7-4-13(5-8-18)19-9-6-16-17-19/h1-3,6,9-10,13H,4-5,7-8H2. The molecule has 5 nitrogen and oxygen atoms in total. The predicted octanol–water partition coefficient (Wildman–Crippen LogP) is 2.52. The van der Waals surface area contributed by atoms with E-state index in [4.69, 9.17) is 0 Å². The number of rotatable bonds is 2. The summed E-state index contributed by atoms with van der Waals surface area (Å²) in [5, 5.41) is 7.87. The van der Waals surface area contributed by atoms with Crippen LogP contribution >= 0.6 is 15.9 Å². The van der Waals surface area contributed by atoms with E-state index in [1.165, 1.54) is 0 Å². The van der Waals surface area contributed by atoms with Gasteiger partial charge in [-0.05, 0) is 31.0 Å². The maximum atomic E-state index is 12.4. The molecule has 0 bridgehead atoms. The molecule has 104 valence electrons. The third-order valence-corrected chi connectivity index (χ3v) is 4.13. The number of benzene rings is 1. The lowest BCUT2D eigenvalue weighted by Crippen LogP contribution is -2.39. The van der Waals surface area contributed by atoms with Gasteiger partial charge in [0, 0.05) is 29.3 Å². The zero-order valence-corrected chi connectivity index (χ0v) is 12.5. The maximum Gasteiger partial charge on any atom is 0.253 e. The van der Waals surface area contributed by atoms with Crippen molar-refractivity contribution in [2.24, 2.45) is 0 Å². The number of likely N-dealkylation sites (tertiary alicyclic amines) is 1. The van der Waals surface area contributed by atoms with Gasteiger partial charge in [-0.2, -0.15) is 0 Å². The number of carbonyl (C=O) groups is 1. The summed E-state index contributed by atoms with van der Waals surface area (Å²) in [6, 6.07) is 7.89. The van der Waals surface area contributed by atoms with E-state index in [1.54, 1.807) is 6.20 Å². The summed E-state index contributed by atoms with van der Waals surface area (Å²) >= 11 is 3.40. The summed E-state index contributed by atoms with van der Waals surface area (Å²) in [4.78, 5) is 14.3. The van der Waals surface area contributed by atoms with E-state index in [2.05, 4.69) is 26.2 Å². The molecule has 20 heavy (non-hydrogen) atoms. The quantitative estimate of drug-likeness (QED) is 0.847. The normalized spacial score (nSPS) is 16.4. The first-order chi connectivity index (χ1) is 9.74. The second-order valence-corrected chi connectivity index (χ2v) is 5.83. The summed E-state index contributed by atoms with van der Waals surface area (Å²) in [5.41, 5.74) is 0.735. The van der Waals surface area contributed by atoms with E-state index in [-0.39, 0.29) is 5.91 Å². The molecule has 0 radical (unpaired) electrons. The molecule has 2 heterocycles. The third-order valence-electron chi connectivity index (χ3n) is 3.64. The Bertz CT molecular complexity index is 591. The second-order valence-electron chi connectivity index (χ2n) is 4.92. The molecule has 0 unspecified atom stereocenters. The summed E-state index contributed by atoms with van der Waals surface area (Å²) in [7, 11) is 0. The molecule has 0 aliphatic carbocycles. The van der Waals surface area contributed by atoms with E-state index >= 15 is 0 Å². The van der Waals surface area contributed by atoms with Gasteiger partial charge in [-0.1, -0.05) is 27.2 Å². The van der Waals surface area contributed by atoms with E-state index in [9.17, 15) is 4.79 Å². The van der Waals surface area contributed by atoms with Crippen molar-refractivity contribution in [1.82, 2.24) is 19.9 Å². The van der Waals surface area contributed by atoms with Crippen molar-refractivity contribution >= 4 is 21.8 Å². The number of piperidine rings is 1. The Kier molecular flexibility index (Phi) is 3.82. The molecule has 0 N–H and O–H groups in total. The van der Waals surface area contributed by atoms with Crippen molar-refractivity contribution in [2.45, 2.75) is 18.9 Å². The minimum Gasteiger partial charge on any atom is -0.338 e. The Hall–Kier alpha value is -1.69. The van der Waals surface area contributed by atoms with Gasteiger partial charge >= 0.3 is 0 Å². The van der Waals surface area contributed by atoms with E-state index in [0.29, 0.717) is 6.04 Å². The predicted molar refractivity (Wildman–Crippen MR) is 78.3 cm³/mol.